The van der Waals surface area contributed by atoms with Crippen molar-refractivity contribution in [3.63, 3.8) is 0 Å². The number of aromatic carboxylic acids is 1. The van der Waals surface area contributed by atoms with Gasteiger partial charge in [-0.15, -0.1) is 11.6 Å². The van der Waals surface area contributed by atoms with E-state index in [1.165, 1.54) is 24.3 Å². The van der Waals surface area contributed by atoms with Crippen LogP contribution in [0.3, 0.4) is 0 Å². The van der Waals surface area contributed by atoms with Gasteiger partial charge in [-0.3, -0.25) is 4.79 Å². The van der Waals surface area contributed by atoms with Gasteiger partial charge in [0.15, 0.2) is 0 Å². The molecule has 1 aromatic carbocycles. The molecule has 0 amide bonds. The second-order valence-electron chi connectivity index (χ2n) is 2.44. The normalized spacial score (nSPS) is 9.50. The van der Waals surface area contributed by atoms with Crippen molar-refractivity contribution in [3.05, 3.63) is 29.8 Å². The Labute approximate surface area is 85.1 Å². The predicted molar refractivity (Wildman–Crippen MR) is 49.8 cm³/mol. The van der Waals surface area contributed by atoms with Crippen molar-refractivity contribution in [3.8, 4) is 5.75 Å². The zero-order valence-electron chi connectivity index (χ0n) is 7.07. The maximum Gasteiger partial charge on any atom is 0.335 e. The highest BCUT2D eigenvalue weighted by molar-refractivity contribution is 6.26. The Bertz CT molecular complexity index is 362. The number of ether oxygens (including phenoxy) is 1. The van der Waals surface area contributed by atoms with E-state index in [1.807, 2.05) is 0 Å². The monoisotopic (exact) mass is 214 g/mol. The molecule has 0 bridgehead atoms. The predicted octanol–water partition coefficient (Wildman–Crippen LogP) is 1.53. The lowest BCUT2D eigenvalue weighted by molar-refractivity contribution is -0.131. The van der Waals surface area contributed by atoms with Crippen molar-refractivity contribution in [1.82, 2.24) is 0 Å². The molecule has 1 N–H and O–H groups in total. The Morgan fingerprint density at radius 3 is 2.71 bits per heavy atom. The molecule has 0 fully saturated rings. The Morgan fingerprint density at radius 2 is 2.14 bits per heavy atom. The number of halogens is 1. The van der Waals surface area contributed by atoms with Crippen molar-refractivity contribution < 1.29 is 19.4 Å². The van der Waals surface area contributed by atoms with Gasteiger partial charge in [0.2, 0.25) is 0 Å². The van der Waals surface area contributed by atoms with Crippen LogP contribution < -0.4 is 4.74 Å². The lowest BCUT2D eigenvalue weighted by atomic mass is 10.2. The topological polar surface area (TPSA) is 63.6 Å². The van der Waals surface area contributed by atoms with Crippen LogP contribution in [0.4, 0.5) is 0 Å². The summed E-state index contributed by atoms with van der Waals surface area (Å²) in [6.45, 7) is 0. The van der Waals surface area contributed by atoms with E-state index in [9.17, 15) is 9.59 Å². The number of benzene rings is 1. The van der Waals surface area contributed by atoms with Crippen LogP contribution in [0.25, 0.3) is 0 Å². The fraction of sp³-hybridized carbons (Fsp3) is 0.111. The zero-order valence-corrected chi connectivity index (χ0v) is 7.82. The van der Waals surface area contributed by atoms with Crippen LogP contribution in [0.2, 0.25) is 0 Å². The molecule has 0 aromatic heterocycles. The summed E-state index contributed by atoms with van der Waals surface area (Å²) < 4.78 is 4.72. The average molecular weight is 215 g/mol. The first-order valence-corrected chi connectivity index (χ1v) is 4.27. The first-order valence-electron chi connectivity index (χ1n) is 3.73. The first-order chi connectivity index (χ1) is 6.63. The zero-order chi connectivity index (χ0) is 10.6. The van der Waals surface area contributed by atoms with Gasteiger partial charge < -0.3 is 9.84 Å². The van der Waals surface area contributed by atoms with Crippen LogP contribution in [0.1, 0.15) is 10.4 Å². The van der Waals surface area contributed by atoms with Gasteiger partial charge in [-0.05, 0) is 18.2 Å². The number of alkyl halides is 1. The summed E-state index contributed by atoms with van der Waals surface area (Å²) in [4.78, 5) is 21.3. The highest BCUT2D eigenvalue weighted by atomic mass is 35.5. The summed E-state index contributed by atoms with van der Waals surface area (Å²) in [6, 6.07) is 5.63. The van der Waals surface area contributed by atoms with Crippen molar-refractivity contribution in [2.75, 3.05) is 5.88 Å². The molecular formula is C9H7ClO4. The van der Waals surface area contributed by atoms with Gasteiger partial charge in [-0.1, -0.05) is 6.07 Å². The average Bonchev–Trinajstić information content (AvgIpc) is 2.18. The van der Waals surface area contributed by atoms with Crippen molar-refractivity contribution in [2.24, 2.45) is 0 Å². The Kier molecular flexibility index (Phi) is 3.48. The number of hydrogen-bond donors (Lipinski definition) is 1. The lowest BCUT2D eigenvalue weighted by Crippen LogP contribution is -2.09. The summed E-state index contributed by atoms with van der Waals surface area (Å²) in [5.41, 5.74) is 0.0601. The molecule has 0 radical (unpaired) electrons. The van der Waals surface area contributed by atoms with Crippen LogP contribution in [0.15, 0.2) is 24.3 Å². The van der Waals surface area contributed by atoms with Gasteiger partial charge in [0.25, 0.3) is 0 Å². The number of carboxylic acid groups (broad SMARTS) is 1. The molecule has 0 unspecified atom stereocenters. The summed E-state index contributed by atoms with van der Waals surface area (Å²) in [7, 11) is 0. The van der Waals surface area contributed by atoms with Crippen LogP contribution in [0.5, 0.6) is 5.75 Å². The summed E-state index contributed by atoms with van der Waals surface area (Å²) >= 11 is 5.21. The molecule has 0 saturated carbocycles. The maximum atomic E-state index is 10.8. The van der Waals surface area contributed by atoms with Gasteiger partial charge in [-0.2, -0.15) is 0 Å². The highest BCUT2D eigenvalue weighted by Crippen LogP contribution is 2.13. The number of esters is 1. The molecule has 0 heterocycles. The Balaban J connectivity index is 2.83. The van der Waals surface area contributed by atoms with E-state index >= 15 is 0 Å². The van der Waals surface area contributed by atoms with Crippen molar-refractivity contribution in [1.29, 1.82) is 0 Å². The second-order valence-corrected chi connectivity index (χ2v) is 2.71. The minimum Gasteiger partial charge on any atom is -0.478 e. The smallest absolute Gasteiger partial charge is 0.335 e. The van der Waals surface area contributed by atoms with E-state index in [-0.39, 0.29) is 17.2 Å². The van der Waals surface area contributed by atoms with Gasteiger partial charge in [0.1, 0.15) is 11.6 Å². The van der Waals surface area contributed by atoms with E-state index in [0.717, 1.165) is 0 Å². The molecule has 0 aliphatic carbocycles. The van der Waals surface area contributed by atoms with Crippen molar-refractivity contribution >= 4 is 23.5 Å². The van der Waals surface area contributed by atoms with Crippen LogP contribution in [-0.2, 0) is 4.79 Å². The van der Waals surface area contributed by atoms with Crippen LogP contribution >= 0.6 is 11.6 Å². The third-order valence-corrected chi connectivity index (χ3v) is 1.64. The summed E-state index contributed by atoms with van der Waals surface area (Å²) in [5.74, 6) is -1.78. The minimum absolute atomic E-state index is 0.0601. The fourth-order valence-electron chi connectivity index (χ4n) is 0.851. The Hall–Kier alpha value is -1.55. The molecule has 0 atom stereocenters. The van der Waals surface area contributed by atoms with Crippen LogP contribution in [0, 0.1) is 0 Å². The molecule has 0 saturated heterocycles. The van der Waals surface area contributed by atoms with Gasteiger partial charge in [-0.25, -0.2) is 4.79 Å². The lowest BCUT2D eigenvalue weighted by Gasteiger charge is -2.02. The number of carboxylic acids is 1. The molecule has 1 rings (SSSR count). The molecule has 14 heavy (non-hydrogen) atoms. The molecule has 0 aliphatic rings. The maximum absolute atomic E-state index is 10.8. The van der Waals surface area contributed by atoms with Gasteiger partial charge >= 0.3 is 11.9 Å². The largest absolute Gasteiger partial charge is 0.478 e. The van der Waals surface area contributed by atoms with Crippen molar-refractivity contribution in [2.45, 2.75) is 0 Å². The van der Waals surface area contributed by atoms with E-state index in [0.29, 0.717) is 0 Å². The summed E-state index contributed by atoms with van der Waals surface area (Å²) in [6.07, 6.45) is 0. The number of carbonyl (C=O) groups is 2. The van der Waals surface area contributed by atoms with Crippen LogP contribution in [-0.4, -0.2) is 22.9 Å². The number of hydrogen-bond acceptors (Lipinski definition) is 3. The molecular weight excluding hydrogens is 208 g/mol. The third kappa shape index (κ3) is 2.74. The van der Waals surface area contributed by atoms with E-state index < -0.39 is 11.9 Å². The van der Waals surface area contributed by atoms with E-state index in [4.69, 9.17) is 21.4 Å². The van der Waals surface area contributed by atoms with Gasteiger partial charge in [0.05, 0.1) is 5.56 Å². The minimum atomic E-state index is -1.08. The van der Waals surface area contributed by atoms with E-state index in [2.05, 4.69) is 0 Å². The molecule has 74 valence electrons. The fourth-order valence-corrected chi connectivity index (χ4v) is 0.906. The molecule has 4 nitrogen and oxygen atoms in total. The standard InChI is InChI=1S/C9H7ClO4/c10-5-8(11)14-7-3-1-2-6(4-7)9(12)13/h1-4H,5H2,(H,12,13). The molecule has 5 heteroatoms. The van der Waals surface area contributed by atoms with Gasteiger partial charge in [0, 0.05) is 0 Å². The third-order valence-electron chi connectivity index (χ3n) is 1.42. The summed E-state index contributed by atoms with van der Waals surface area (Å²) in [5, 5.41) is 8.63. The molecule has 0 spiro atoms. The Morgan fingerprint density at radius 1 is 1.43 bits per heavy atom. The number of carbonyl (C=O) groups excluding carboxylic acids is 1. The SMILES string of the molecule is O=C(CCl)Oc1cccc(C(=O)O)c1. The quantitative estimate of drug-likeness (QED) is 0.471. The molecule has 1 aromatic rings. The number of rotatable bonds is 3. The first kappa shape index (κ1) is 10.5. The van der Waals surface area contributed by atoms with E-state index in [1.54, 1.807) is 0 Å². The second kappa shape index (κ2) is 4.62. The molecule has 0 aliphatic heterocycles. The highest BCUT2D eigenvalue weighted by Gasteiger charge is 2.06.